The fourth-order valence-electron chi connectivity index (χ4n) is 7.10. The SMILES string of the molecule is CCCCCCCCCCCCCCCCCCCCC(=O)NC(COP(=O)([O-])OCC[N+](C)(C)C)C(O)CCCCCCCCCCCCCCCC. The number of carbonyl (C=O) groups is 1. The van der Waals surface area contributed by atoms with Crippen LogP contribution in [0.1, 0.15) is 232 Å². The number of quaternary nitrogens is 1. The lowest BCUT2D eigenvalue weighted by Gasteiger charge is -2.30. The molecular weight excluding hydrogens is 695 g/mol. The highest BCUT2D eigenvalue weighted by atomic mass is 31.2. The molecule has 0 saturated carbocycles. The van der Waals surface area contributed by atoms with Crippen molar-refractivity contribution >= 4 is 13.7 Å². The first-order chi connectivity index (χ1) is 26.0. The topological polar surface area (TPSA) is 108 Å². The summed E-state index contributed by atoms with van der Waals surface area (Å²) in [4.78, 5) is 25.3. The highest BCUT2D eigenvalue weighted by Crippen LogP contribution is 2.38. The highest BCUT2D eigenvalue weighted by molar-refractivity contribution is 7.45. The van der Waals surface area contributed by atoms with Gasteiger partial charge in [0.2, 0.25) is 5.91 Å². The summed E-state index contributed by atoms with van der Waals surface area (Å²) in [7, 11) is 1.32. The van der Waals surface area contributed by atoms with Gasteiger partial charge in [-0.05, 0) is 12.8 Å². The quantitative estimate of drug-likeness (QED) is 0.0362. The first-order valence-corrected chi connectivity index (χ1v) is 24.8. The van der Waals surface area contributed by atoms with E-state index >= 15 is 0 Å². The number of aliphatic hydroxyl groups is 1. The van der Waals surface area contributed by atoms with Gasteiger partial charge < -0.3 is 28.8 Å². The van der Waals surface area contributed by atoms with Gasteiger partial charge in [-0.25, -0.2) is 0 Å². The lowest BCUT2D eigenvalue weighted by molar-refractivity contribution is -0.870. The molecule has 0 radical (unpaired) electrons. The van der Waals surface area contributed by atoms with Crippen LogP contribution < -0.4 is 10.2 Å². The largest absolute Gasteiger partial charge is 0.756 e. The van der Waals surface area contributed by atoms with Crippen LogP contribution in [-0.2, 0) is 18.4 Å². The third-order valence-corrected chi connectivity index (χ3v) is 11.8. The number of hydrogen-bond acceptors (Lipinski definition) is 6. The van der Waals surface area contributed by atoms with Crippen LogP contribution in [0.3, 0.4) is 0 Å². The Bertz CT molecular complexity index is 855. The maximum Gasteiger partial charge on any atom is 0.268 e. The van der Waals surface area contributed by atoms with Crippen LogP contribution in [0.25, 0.3) is 0 Å². The molecule has 0 fully saturated rings. The molecule has 3 unspecified atom stereocenters. The summed E-state index contributed by atoms with van der Waals surface area (Å²) < 4.78 is 23.3. The minimum Gasteiger partial charge on any atom is -0.756 e. The Hall–Kier alpha value is -0.500. The number of phosphoric ester groups is 1. The second-order valence-corrected chi connectivity index (χ2v) is 18.9. The van der Waals surface area contributed by atoms with E-state index in [4.69, 9.17) is 9.05 Å². The van der Waals surface area contributed by atoms with Crippen molar-refractivity contribution in [2.24, 2.45) is 0 Å². The Labute approximate surface area is 336 Å². The zero-order valence-corrected chi connectivity index (χ0v) is 37.6. The Kier molecular flexibility index (Phi) is 37.7. The number of aliphatic hydroxyl groups excluding tert-OH is 1. The molecule has 0 saturated heterocycles. The molecule has 0 bridgehead atoms. The smallest absolute Gasteiger partial charge is 0.268 e. The maximum atomic E-state index is 12.9. The summed E-state index contributed by atoms with van der Waals surface area (Å²) in [5, 5.41) is 13.9. The van der Waals surface area contributed by atoms with Crippen molar-refractivity contribution in [2.75, 3.05) is 40.9 Å². The van der Waals surface area contributed by atoms with Gasteiger partial charge in [0.05, 0.1) is 39.9 Å². The lowest BCUT2D eigenvalue weighted by atomic mass is 10.0. The van der Waals surface area contributed by atoms with E-state index in [1.54, 1.807) is 0 Å². The van der Waals surface area contributed by atoms with Gasteiger partial charge in [-0.3, -0.25) is 9.36 Å². The van der Waals surface area contributed by atoms with Crippen molar-refractivity contribution in [1.82, 2.24) is 5.32 Å². The standard InChI is InChI=1S/C45H93N2O6P/c1-6-8-10-12-14-16-18-20-22-23-24-25-27-29-31-33-35-37-39-45(49)46-43(42-53-54(50,51)52-41-40-47(3,4)5)44(48)38-36-34-32-30-28-26-21-19-17-15-13-11-9-7-2/h43-44,48H,6-42H2,1-5H3,(H-,46,49,50,51). The van der Waals surface area contributed by atoms with Gasteiger partial charge in [-0.15, -0.1) is 0 Å². The molecule has 0 rings (SSSR count). The van der Waals surface area contributed by atoms with Crippen LogP contribution in [0, 0.1) is 0 Å². The zero-order chi connectivity index (χ0) is 40.0. The molecule has 54 heavy (non-hydrogen) atoms. The molecule has 0 aromatic carbocycles. The monoisotopic (exact) mass is 789 g/mol. The second kappa shape index (κ2) is 38.0. The van der Waals surface area contributed by atoms with E-state index in [2.05, 4.69) is 19.2 Å². The summed E-state index contributed by atoms with van der Waals surface area (Å²) in [6, 6.07) is -0.792. The number of amides is 1. The van der Waals surface area contributed by atoms with Crippen molar-refractivity contribution in [3.63, 3.8) is 0 Å². The minimum absolute atomic E-state index is 0.0161. The van der Waals surface area contributed by atoms with E-state index in [0.29, 0.717) is 23.9 Å². The number of nitrogens with zero attached hydrogens (tertiary/aromatic N) is 1. The number of carbonyl (C=O) groups excluding carboxylic acids is 1. The first-order valence-electron chi connectivity index (χ1n) is 23.4. The van der Waals surface area contributed by atoms with E-state index in [0.717, 1.165) is 38.5 Å². The fourth-order valence-corrected chi connectivity index (χ4v) is 7.82. The molecule has 2 N–H and O–H groups in total. The van der Waals surface area contributed by atoms with Gasteiger partial charge in [-0.2, -0.15) is 0 Å². The molecule has 0 aliphatic rings. The van der Waals surface area contributed by atoms with E-state index in [9.17, 15) is 19.4 Å². The van der Waals surface area contributed by atoms with Crippen molar-refractivity contribution in [3.05, 3.63) is 0 Å². The van der Waals surface area contributed by atoms with Gasteiger partial charge in [0, 0.05) is 6.42 Å². The Morgan fingerprint density at radius 2 is 0.907 bits per heavy atom. The summed E-state index contributed by atoms with van der Waals surface area (Å²) in [5.74, 6) is -0.160. The van der Waals surface area contributed by atoms with Crippen LogP contribution >= 0.6 is 7.82 Å². The Morgan fingerprint density at radius 1 is 0.574 bits per heavy atom. The summed E-state index contributed by atoms with van der Waals surface area (Å²) >= 11 is 0. The lowest BCUT2D eigenvalue weighted by Crippen LogP contribution is -2.46. The van der Waals surface area contributed by atoms with Crippen molar-refractivity contribution in [3.8, 4) is 0 Å². The van der Waals surface area contributed by atoms with Crippen LogP contribution in [0.2, 0.25) is 0 Å². The number of phosphoric acid groups is 1. The summed E-state index contributed by atoms with van der Waals surface area (Å²) in [6.07, 6.45) is 41.0. The number of unbranched alkanes of at least 4 members (excludes halogenated alkanes) is 30. The van der Waals surface area contributed by atoms with Crippen LogP contribution in [0.15, 0.2) is 0 Å². The van der Waals surface area contributed by atoms with Gasteiger partial charge >= 0.3 is 0 Å². The Morgan fingerprint density at radius 3 is 1.26 bits per heavy atom. The van der Waals surface area contributed by atoms with Gasteiger partial charge in [0.1, 0.15) is 13.2 Å². The average Bonchev–Trinajstić information content (AvgIpc) is 3.12. The molecule has 8 nitrogen and oxygen atoms in total. The molecular formula is C45H93N2O6P. The molecule has 0 aliphatic carbocycles. The van der Waals surface area contributed by atoms with E-state index in [-0.39, 0.29) is 19.1 Å². The number of likely N-dealkylation sites (N-methyl/N-ethyl adjacent to an activating group) is 1. The van der Waals surface area contributed by atoms with Crippen molar-refractivity contribution < 1.29 is 32.9 Å². The fraction of sp³-hybridized carbons (Fsp3) is 0.978. The normalized spacial score (nSPS) is 14.3. The molecule has 0 heterocycles. The third-order valence-electron chi connectivity index (χ3n) is 10.8. The number of nitrogens with one attached hydrogen (secondary N) is 1. The molecule has 0 aliphatic heterocycles. The molecule has 0 aromatic heterocycles. The molecule has 9 heteroatoms. The molecule has 3 atom stereocenters. The zero-order valence-electron chi connectivity index (χ0n) is 36.7. The first kappa shape index (κ1) is 53.5. The third kappa shape index (κ3) is 39.7. The molecule has 0 spiro atoms. The second-order valence-electron chi connectivity index (χ2n) is 17.5. The van der Waals surface area contributed by atoms with Crippen molar-refractivity contribution in [1.29, 1.82) is 0 Å². The molecule has 1 amide bonds. The minimum atomic E-state index is -4.56. The highest BCUT2D eigenvalue weighted by Gasteiger charge is 2.24. The predicted molar refractivity (Wildman–Crippen MR) is 229 cm³/mol. The van der Waals surface area contributed by atoms with E-state index in [1.807, 2.05) is 21.1 Å². The van der Waals surface area contributed by atoms with Crippen molar-refractivity contribution in [2.45, 2.75) is 244 Å². The van der Waals surface area contributed by atoms with Crippen LogP contribution in [0.4, 0.5) is 0 Å². The maximum absolute atomic E-state index is 12.9. The summed E-state index contributed by atoms with van der Waals surface area (Å²) in [5.41, 5.74) is 0. The van der Waals surface area contributed by atoms with Gasteiger partial charge in [0.25, 0.3) is 7.82 Å². The average molecular weight is 789 g/mol. The van der Waals surface area contributed by atoms with Gasteiger partial charge in [-0.1, -0.05) is 213 Å². The number of rotatable bonds is 43. The Balaban J connectivity index is 4.28. The predicted octanol–water partition coefficient (Wildman–Crippen LogP) is 12.3. The molecule has 324 valence electrons. The summed E-state index contributed by atoms with van der Waals surface area (Å²) in [6.45, 7) is 4.74. The van der Waals surface area contributed by atoms with Crippen LogP contribution in [-0.4, -0.2) is 68.5 Å². The van der Waals surface area contributed by atoms with Crippen LogP contribution in [0.5, 0.6) is 0 Å². The van der Waals surface area contributed by atoms with E-state index < -0.39 is 20.0 Å². The number of hydrogen-bond donors (Lipinski definition) is 2. The van der Waals surface area contributed by atoms with E-state index in [1.165, 1.54) is 167 Å². The van der Waals surface area contributed by atoms with Gasteiger partial charge in [0.15, 0.2) is 0 Å². The molecule has 0 aromatic rings.